The average molecular weight is 452 g/mol. The summed E-state index contributed by atoms with van der Waals surface area (Å²) in [5.41, 5.74) is 5.42. The fraction of sp³-hybridized carbons (Fsp3) is 0.148. The van der Waals surface area contributed by atoms with E-state index in [1.54, 1.807) is 30.5 Å². The Labute approximate surface area is 197 Å². The van der Waals surface area contributed by atoms with E-state index in [-0.39, 0.29) is 11.9 Å². The molecule has 0 aliphatic heterocycles. The van der Waals surface area contributed by atoms with Gasteiger partial charge in [-0.3, -0.25) is 4.79 Å². The molecule has 0 aliphatic rings. The van der Waals surface area contributed by atoms with Gasteiger partial charge < -0.3 is 19.4 Å². The molecular weight excluding hydrogens is 426 g/mol. The molecule has 5 aromatic rings. The van der Waals surface area contributed by atoms with Crippen molar-refractivity contribution in [2.45, 2.75) is 26.5 Å². The van der Waals surface area contributed by atoms with E-state index in [0.717, 1.165) is 22.6 Å². The number of amides is 1. The van der Waals surface area contributed by atoms with E-state index < -0.39 is 0 Å². The molecule has 34 heavy (non-hydrogen) atoms. The first kappa shape index (κ1) is 21.5. The lowest BCUT2D eigenvalue weighted by atomic mass is 10.2. The minimum atomic E-state index is -0.264. The van der Waals surface area contributed by atoms with Crippen molar-refractivity contribution in [2.24, 2.45) is 0 Å². The fourth-order valence-corrected chi connectivity index (χ4v) is 3.75. The molecule has 1 atom stereocenters. The Hall–Kier alpha value is -4.39. The molecule has 3 aromatic heterocycles. The van der Waals surface area contributed by atoms with Crippen LogP contribution in [0.2, 0.25) is 0 Å². The molecule has 0 spiro atoms. The number of rotatable bonds is 7. The minimum Gasteiger partial charge on any atom is -0.487 e. The molecule has 0 saturated heterocycles. The van der Waals surface area contributed by atoms with Crippen LogP contribution in [0.3, 0.4) is 0 Å². The molecule has 7 nitrogen and oxygen atoms in total. The molecule has 0 bridgehead atoms. The SMILES string of the molecule is Cc1ccc2nc(COc3ccc(C(=O)NC(C)c4ncc(-c5ccccc5)[nH]4)cc3)cn2c1. The third-order valence-electron chi connectivity index (χ3n) is 5.59. The number of ether oxygens (including phenoxy) is 1. The summed E-state index contributed by atoms with van der Waals surface area (Å²) < 4.78 is 7.85. The smallest absolute Gasteiger partial charge is 0.251 e. The van der Waals surface area contributed by atoms with Gasteiger partial charge in [0.05, 0.1) is 23.6 Å². The minimum absolute atomic E-state index is 0.174. The van der Waals surface area contributed by atoms with Crippen LogP contribution in [-0.4, -0.2) is 25.3 Å². The maximum Gasteiger partial charge on any atom is 0.251 e. The quantitative estimate of drug-likeness (QED) is 0.360. The van der Waals surface area contributed by atoms with E-state index in [2.05, 4.69) is 20.3 Å². The van der Waals surface area contributed by atoms with Crippen molar-refractivity contribution in [3.63, 3.8) is 0 Å². The normalized spacial score (nSPS) is 11.9. The summed E-state index contributed by atoms with van der Waals surface area (Å²) in [4.78, 5) is 25.0. The van der Waals surface area contributed by atoms with Gasteiger partial charge in [0.25, 0.3) is 5.91 Å². The summed E-state index contributed by atoms with van der Waals surface area (Å²) in [6.07, 6.45) is 5.78. The second kappa shape index (κ2) is 9.23. The second-order valence-corrected chi connectivity index (χ2v) is 8.26. The van der Waals surface area contributed by atoms with Crippen molar-refractivity contribution in [3.05, 3.63) is 108 Å². The number of hydrogen-bond acceptors (Lipinski definition) is 4. The van der Waals surface area contributed by atoms with Gasteiger partial charge in [-0.05, 0) is 55.3 Å². The highest BCUT2D eigenvalue weighted by molar-refractivity contribution is 5.94. The van der Waals surface area contributed by atoms with E-state index in [0.29, 0.717) is 23.7 Å². The lowest BCUT2D eigenvalue weighted by Gasteiger charge is -2.12. The van der Waals surface area contributed by atoms with Crippen molar-refractivity contribution in [1.82, 2.24) is 24.7 Å². The average Bonchev–Trinajstić information content (AvgIpc) is 3.51. The predicted molar refractivity (Wildman–Crippen MR) is 131 cm³/mol. The number of pyridine rings is 1. The maximum atomic E-state index is 12.7. The largest absolute Gasteiger partial charge is 0.487 e. The van der Waals surface area contributed by atoms with Gasteiger partial charge in [-0.25, -0.2) is 9.97 Å². The number of nitrogens with zero attached hydrogens (tertiary/aromatic N) is 3. The predicted octanol–water partition coefficient (Wildman–Crippen LogP) is 5.10. The zero-order valence-corrected chi connectivity index (χ0v) is 19.0. The number of aryl methyl sites for hydroxylation is 1. The Bertz CT molecular complexity index is 1420. The Morgan fingerprint density at radius 2 is 1.85 bits per heavy atom. The third kappa shape index (κ3) is 4.68. The zero-order chi connectivity index (χ0) is 23.5. The first-order chi connectivity index (χ1) is 16.5. The summed E-state index contributed by atoms with van der Waals surface area (Å²) in [6, 6.07) is 20.8. The highest BCUT2D eigenvalue weighted by atomic mass is 16.5. The number of nitrogens with one attached hydrogen (secondary N) is 2. The molecule has 170 valence electrons. The van der Waals surface area contributed by atoms with Gasteiger partial charge >= 0.3 is 0 Å². The fourth-order valence-electron chi connectivity index (χ4n) is 3.75. The highest BCUT2D eigenvalue weighted by Gasteiger charge is 2.15. The molecule has 7 heteroatoms. The number of benzene rings is 2. The van der Waals surface area contributed by atoms with Gasteiger partial charge in [-0.2, -0.15) is 0 Å². The van der Waals surface area contributed by atoms with Gasteiger partial charge in [-0.1, -0.05) is 36.4 Å². The van der Waals surface area contributed by atoms with E-state index in [1.165, 1.54) is 5.56 Å². The third-order valence-corrected chi connectivity index (χ3v) is 5.59. The van der Waals surface area contributed by atoms with Crippen molar-refractivity contribution in [1.29, 1.82) is 0 Å². The molecular formula is C27H25N5O2. The summed E-state index contributed by atoms with van der Waals surface area (Å²) >= 11 is 0. The Morgan fingerprint density at radius 1 is 1.06 bits per heavy atom. The van der Waals surface area contributed by atoms with Gasteiger partial charge in [0, 0.05) is 18.0 Å². The van der Waals surface area contributed by atoms with Gasteiger partial charge in [0.1, 0.15) is 23.8 Å². The monoisotopic (exact) mass is 451 g/mol. The zero-order valence-electron chi connectivity index (χ0n) is 19.0. The number of hydrogen-bond donors (Lipinski definition) is 2. The number of carbonyl (C=O) groups excluding carboxylic acids is 1. The molecule has 0 fully saturated rings. The first-order valence-electron chi connectivity index (χ1n) is 11.1. The number of fused-ring (bicyclic) bond motifs is 1. The maximum absolute atomic E-state index is 12.7. The highest BCUT2D eigenvalue weighted by Crippen LogP contribution is 2.20. The summed E-state index contributed by atoms with van der Waals surface area (Å²) in [6.45, 7) is 4.30. The van der Waals surface area contributed by atoms with Crippen LogP contribution in [0.1, 0.15) is 40.4 Å². The van der Waals surface area contributed by atoms with Crippen LogP contribution in [0.15, 0.2) is 85.3 Å². The summed E-state index contributed by atoms with van der Waals surface area (Å²) in [5, 5.41) is 2.99. The Balaban J connectivity index is 1.18. The topological polar surface area (TPSA) is 84.3 Å². The van der Waals surface area contributed by atoms with Crippen molar-refractivity contribution in [3.8, 4) is 17.0 Å². The lowest BCUT2D eigenvalue weighted by Crippen LogP contribution is -2.27. The van der Waals surface area contributed by atoms with E-state index in [9.17, 15) is 4.79 Å². The Kier molecular flexibility index (Phi) is 5.82. The number of H-pyrrole nitrogens is 1. The molecule has 5 rings (SSSR count). The second-order valence-electron chi connectivity index (χ2n) is 8.26. The number of carbonyl (C=O) groups is 1. The standard InChI is InChI=1S/C27H25N5O2/c1-18-8-13-25-30-22(16-32(25)15-18)17-34-23-11-9-21(10-12-23)27(33)29-19(2)26-28-14-24(31-26)20-6-4-3-5-7-20/h3-16,19H,17H2,1-2H3,(H,28,31)(H,29,33). The van der Waals surface area contributed by atoms with Crippen LogP contribution in [0.4, 0.5) is 0 Å². The Morgan fingerprint density at radius 3 is 2.65 bits per heavy atom. The van der Waals surface area contributed by atoms with E-state index in [4.69, 9.17) is 4.74 Å². The van der Waals surface area contributed by atoms with Crippen LogP contribution >= 0.6 is 0 Å². The molecule has 0 aliphatic carbocycles. The number of aromatic amines is 1. The summed E-state index contributed by atoms with van der Waals surface area (Å²) in [7, 11) is 0. The number of aromatic nitrogens is 4. The molecule has 0 saturated carbocycles. The van der Waals surface area contributed by atoms with Crippen LogP contribution in [0.5, 0.6) is 5.75 Å². The summed E-state index contributed by atoms with van der Waals surface area (Å²) in [5.74, 6) is 1.21. The van der Waals surface area contributed by atoms with Gasteiger partial charge in [0.2, 0.25) is 0 Å². The van der Waals surface area contributed by atoms with Gasteiger partial charge in [0.15, 0.2) is 0 Å². The molecule has 1 amide bonds. The van der Waals surface area contributed by atoms with Crippen molar-refractivity contribution >= 4 is 11.6 Å². The molecule has 0 radical (unpaired) electrons. The van der Waals surface area contributed by atoms with Crippen LogP contribution in [0.25, 0.3) is 16.9 Å². The molecule has 2 aromatic carbocycles. The lowest BCUT2D eigenvalue weighted by molar-refractivity contribution is 0.0938. The van der Waals surface area contributed by atoms with Crippen LogP contribution in [-0.2, 0) is 6.61 Å². The van der Waals surface area contributed by atoms with Crippen molar-refractivity contribution < 1.29 is 9.53 Å². The molecule has 1 unspecified atom stereocenters. The molecule has 3 heterocycles. The van der Waals surface area contributed by atoms with Gasteiger partial charge in [-0.15, -0.1) is 0 Å². The van der Waals surface area contributed by atoms with Crippen LogP contribution < -0.4 is 10.1 Å². The molecule has 2 N–H and O–H groups in total. The van der Waals surface area contributed by atoms with Crippen LogP contribution in [0, 0.1) is 6.92 Å². The van der Waals surface area contributed by atoms with E-state index >= 15 is 0 Å². The first-order valence-corrected chi connectivity index (χ1v) is 11.1. The number of imidazole rings is 2. The van der Waals surface area contributed by atoms with Crippen molar-refractivity contribution in [2.75, 3.05) is 0 Å². The van der Waals surface area contributed by atoms with E-state index in [1.807, 2.05) is 73.1 Å².